The van der Waals surface area contributed by atoms with Crippen LogP contribution in [0.4, 0.5) is 44.3 Å². The first-order valence-electron chi connectivity index (χ1n) is 12.1. The molecule has 15 heteroatoms. The summed E-state index contributed by atoms with van der Waals surface area (Å²) in [5.74, 6) is 0.0580. The summed E-state index contributed by atoms with van der Waals surface area (Å²) in [4.78, 5) is 13.7. The number of benzene rings is 2. The molecule has 1 aliphatic heterocycles. The summed E-state index contributed by atoms with van der Waals surface area (Å²) in [5, 5.41) is 10.7. The quantitative estimate of drug-likeness (QED) is 0.187. The molecule has 0 spiro atoms. The number of carbonyl (C=O) groups is 1. The lowest BCUT2D eigenvalue weighted by molar-refractivity contribution is -0.900. The molecule has 2 aromatic carbocycles. The van der Waals surface area contributed by atoms with Gasteiger partial charge in [-0.1, -0.05) is 0 Å². The second-order valence-corrected chi connectivity index (χ2v) is 9.59. The van der Waals surface area contributed by atoms with E-state index in [1.807, 2.05) is 0 Å². The highest BCUT2D eigenvalue weighted by atomic mass is 19.4. The lowest BCUT2D eigenvalue weighted by atomic mass is 9.96. The summed E-state index contributed by atoms with van der Waals surface area (Å²) < 4.78 is 132. The molecule has 1 saturated heterocycles. The third-order valence-electron chi connectivity index (χ3n) is 6.83. The van der Waals surface area contributed by atoms with Crippen molar-refractivity contribution in [2.75, 3.05) is 7.11 Å². The number of aryl methyl sites for hydroxylation is 1. The van der Waals surface area contributed by atoms with Gasteiger partial charge in [-0.05, 0) is 60.5 Å². The maximum Gasteiger partial charge on any atom is 0.416 e. The van der Waals surface area contributed by atoms with Crippen molar-refractivity contribution in [1.29, 1.82) is 0 Å². The number of amides is 1. The van der Waals surface area contributed by atoms with Crippen LogP contribution in [0.15, 0.2) is 48.5 Å². The minimum Gasteiger partial charge on any atom is -0.490 e. The summed E-state index contributed by atoms with van der Waals surface area (Å²) in [6.07, 6.45) is -17.9. The van der Waals surface area contributed by atoms with Crippen molar-refractivity contribution in [2.24, 2.45) is 0 Å². The SMILES string of the molecule is COc1ccc(C)[n+](O)c1-c1ccc(C(F)(F)F)cc1CN1C(=O)O[C@H](c2cc(C(F)(F)F)cc(C(F)(F)F)c2)[C@@H]1C. The summed E-state index contributed by atoms with van der Waals surface area (Å²) >= 11 is 0. The number of carbonyl (C=O) groups excluding carboxylic acids is 1. The van der Waals surface area contributed by atoms with Gasteiger partial charge in [0, 0.05) is 17.7 Å². The summed E-state index contributed by atoms with van der Waals surface area (Å²) in [6, 6.07) is 5.00. The molecule has 0 saturated carbocycles. The van der Waals surface area contributed by atoms with Crippen LogP contribution in [-0.4, -0.2) is 29.4 Å². The minimum absolute atomic E-state index is 0.00734. The highest BCUT2D eigenvalue weighted by Crippen LogP contribution is 2.42. The zero-order valence-corrected chi connectivity index (χ0v) is 21.9. The zero-order valence-electron chi connectivity index (χ0n) is 21.9. The Hall–Kier alpha value is -4.17. The van der Waals surface area contributed by atoms with Gasteiger partial charge in [0.2, 0.25) is 5.69 Å². The first-order chi connectivity index (χ1) is 19.3. The molecule has 1 aliphatic rings. The van der Waals surface area contributed by atoms with Gasteiger partial charge in [0.15, 0.2) is 5.75 Å². The average molecular weight is 609 g/mol. The van der Waals surface area contributed by atoms with Crippen molar-refractivity contribution < 1.29 is 63.7 Å². The van der Waals surface area contributed by atoms with Crippen molar-refractivity contribution in [3.8, 4) is 17.0 Å². The van der Waals surface area contributed by atoms with Crippen LogP contribution in [0.3, 0.4) is 0 Å². The molecule has 2 atom stereocenters. The molecular weight excluding hydrogens is 587 g/mol. The van der Waals surface area contributed by atoms with Gasteiger partial charge in [0.05, 0.1) is 42.0 Å². The van der Waals surface area contributed by atoms with Crippen LogP contribution in [0, 0.1) is 6.92 Å². The van der Waals surface area contributed by atoms with Gasteiger partial charge in [0.25, 0.3) is 0 Å². The molecule has 0 aliphatic carbocycles. The number of methoxy groups -OCH3 is 1. The number of alkyl halides is 9. The second kappa shape index (κ2) is 10.6. The topological polar surface area (TPSA) is 62.9 Å². The van der Waals surface area contributed by atoms with Crippen molar-refractivity contribution >= 4 is 6.09 Å². The van der Waals surface area contributed by atoms with Crippen LogP contribution in [0.2, 0.25) is 0 Å². The Morgan fingerprint density at radius 1 is 0.881 bits per heavy atom. The number of hydrogen-bond donors (Lipinski definition) is 1. The zero-order chi connectivity index (χ0) is 31.4. The fourth-order valence-electron chi connectivity index (χ4n) is 4.66. The third-order valence-corrected chi connectivity index (χ3v) is 6.83. The Balaban J connectivity index is 1.81. The van der Waals surface area contributed by atoms with E-state index >= 15 is 0 Å². The largest absolute Gasteiger partial charge is 0.490 e. The Morgan fingerprint density at radius 3 is 1.98 bits per heavy atom. The smallest absolute Gasteiger partial charge is 0.416 e. The molecule has 1 aromatic heterocycles. The van der Waals surface area contributed by atoms with Gasteiger partial charge < -0.3 is 9.47 Å². The van der Waals surface area contributed by atoms with E-state index in [1.165, 1.54) is 33.1 Å². The second-order valence-electron chi connectivity index (χ2n) is 9.59. The summed E-state index contributed by atoms with van der Waals surface area (Å²) in [5.41, 5.74) is -4.89. The molecule has 6 nitrogen and oxygen atoms in total. The normalized spacial score (nSPS) is 17.9. The predicted molar refractivity (Wildman–Crippen MR) is 126 cm³/mol. The standard InChI is InChI=1S/C27H22F9N2O4/c1-13-4-7-21(41-3)22(38(13)40)20-6-5-17(25(28,29)30)10-16(20)12-37-14(2)23(42-24(37)39)15-8-18(26(31,32)33)11-19(9-15)27(34,35)36/h4-11,14,23,40H,12H2,1-3H3/q+1/t14-,23-/m0/s1. The first kappa shape index (κ1) is 30.8. The predicted octanol–water partition coefficient (Wildman–Crippen LogP) is 7.33. The van der Waals surface area contributed by atoms with Gasteiger partial charge in [-0.25, -0.2) is 4.79 Å². The average Bonchev–Trinajstić information content (AvgIpc) is 3.17. The van der Waals surface area contributed by atoms with Crippen LogP contribution in [0.5, 0.6) is 5.75 Å². The molecule has 1 amide bonds. The van der Waals surface area contributed by atoms with Crippen LogP contribution >= 0.6 is 0 Å². The lowest BCUT2D eigenvalue weighted by Gasteiger charge is -2.23. The number of hydrogen-bond acceptors (Lipinski definition) is 4. The van der Waals surface area contributed by atoms with E-state index in [9.17, 15) is 49.5 Å². The molecule has 0 unspecified atom stereocenters. The van der Waals surface area contributed by atoms with E-state index in [-0.39, 0.29) is 34.3 Å². The highest BCUT2D eigenvalue weighted by Gasteiger charge is 2.44. The summed E-state index contributed by atoms with van der Waals surface area (Å²) in [6.45, 7) is 2.16. The molecule has 2 heterocycles. The van der Waals surface area contributed by atoms with Gasteiger partial charge in [-0.3, -0.25) is 10.1 Å². The van der Waals surface area contributed by atoms with Gasteiger partial charge >= 0.3 is 30.3 Å². The first-order valence-corrected chi connectivity index (χ1v) is 12.1. The molecule has 0 radical (unpaired) electrons. The van der Waals surface area contributed by atoms with E-state index in [0.29, 0.717) is 16.9 Å². The fraction of sp³-hybridized carbons (Fsp3) is 0.333. The van der Waals surface area contributed by atoms with E-state index < -0.39 is 65.6 Å². The maximum atomic E-state index is 13.6. The molecule has 3 aromatic rings. The molecular formula is C27H22F9N2O4+. The van der Waals surface area contributed by atoms with E-state index in [4.69, 9.17) is 9.47 Å². The third kappa shape index (κ3) is 5.90. The monoisotopic (exact) mass is 609 g/mol. The molecule has 226 valence electrons. The molecule has 1 fully saturated rings. The number of halogens is 9. The van der Waals surface area contributed by atoms with Crippen LogP contribution < -0.4 is 9.47 Å². The Labute approximate surface area is 232 Å². The number of cyclic esters (lactones) is 1. The number of rotatable bonds is 5. The van der Waals surface area contributed by atoms with Crippen molar-refractivity contribution in [3.63, 3.8) is 0 Å². The van der Waals surface area contributed by atoms with Crippen molar-refractivity contribution in [1.82, 2.24) is 4.90 Å². The minimum atomic E-state index is -5.15. The highest BCUT2D eigenvalue weighted by molar-refractivity contribution is 5.73. The number of ether oxygens (including phenoxy) is 2. The Morgan fingerprint density at radius 2 is 1.45 bits per heavy atom. The van der Waals surface area contributed by atoms with Gasteiger partial charge in [-0.15, -0.1) is 0 Å². The van der Waals surface area contributed by atoms with Crippen LogP contribution in [-0.2, 0) is 29.8 Å². The molecule has 0 bridgehead atoms. The lowest BCUT2D eigenvalue weighted by Crippen LogP contribution is -2.37. The summed E-state index contributed by atoms with van der Waals surface area (Å²) in [7, 11) is 1.26. The fourth-order valence-corrected chi connectivity index (χ4v) is 4.66. The number of nitrogens with zero attached hydrogens (tertiary/aromatic N) is 2. The van der Waals surface area contributed by atoms with Crippen LogP contribution in [0.25, 0.3) is 11.3 Å². The van der Waals surface area contributed by atoms with Gasteiger partial charge in [-0.2, -0.15) is 39.5 Å². The Bertz CT molecular complexity index is 1480. The molecule has 4 rings (SSSR count). The molecule has 42 heavy (non-hydrogen) atoms. The number of pyridine rings is 1. The number of aromatic nitrogens is 1. The van der Waals surface area contributed by atoms with Crippen molar-refractivity contribution in [2.45, 2.75) is 51.1 Å². The van der Waals surface area contributed by atoms with Gasteiger partial charge in [0.1, 0.15) is 6.10 Å². The Kier molecular flexibility index (Phi) is 7.76. The van der Waals surface area contributed by atoms with E-state index in [2.05, 4.69) is 0 Å². The van der Waals surface area contributed by atoms with Crippen molar-refractivity contribution in [3.05, 3.63) is 82.0 Å². The molecule has 1 N–H and O–H groups in total. The van der Waals surface area contributed by atoms with Crippen LogP contribution in [0.1, 0.15) is 46.5 Å². The van der Waals surface area contributed by atoms with E-state index in [1.54, 1.807) is 0 Å². The van der Waals surface area contributed by atoms with E-state index in [0.717, 1.165) is 23.1 Å². The maximum absolute atomic E-state index is 13.6.